The molecule has 4 heteroatoms. The van der Waals surface area contributed by atoms with Crippen molar-refractivity contribution in [2.45, 2.75) is 25.6 Å². The number of hydrogen-bond donors (Lipinski definition) is 2. The standard InChI is InChI=1S/C13H14O2.C2H4O2/c14-12-8-9-15-13(10-12)7-6-11-4-2-1-3-5-11;1-2(3)4/h1-9,12-14H,10H2;1H3,(H,3,4)/t12-,13-;/m0./s1. The zero-order valence-corrected chi connectivity index (χ0v) is 10.8. The highest BCUT2D eigenvalue weighted by Crippen LogP contribution is 2.13. The van der Waals surface area contributed by atoms with Gasteiger partial charge < -0.3 is 14.9 Å². The van der Waals surface area contributed by atoms with Crippen molar-refractivity contribution in [2.75, 3.05) is 0 Å². The Morgan fingerprint density at radius 2 is 2.00 bits per heavy atom. The second-order valence-corrected chi connectivity index (χ2v) is 4.09. The maximum Gasteiger partial charge on any atom is 0.300 e. The number of carboxylic acid groups (broad SMARTS) is 1. The van der Waals surface area contributed by atoms with Crippen molar-refractivity contribution in [3.05, 3.63) is 54.3 Å². The molecule has 0 saturated carbocycles. The number of carbonyl (C=O) groups is 1. The van der Waals surface area contributed by atoms with Crippen LogP contribution in [0, 0.1) is 0 Å². The average Bonchev–Trinajstić information content (AvgIpc) is 2.37. The number of aliphatic hydroxyl groups excluding tert-OH is 1. The van der Waals surface area contributed by atoms with Gasteiger partial charge in [-0.15, -0.1) is 0 Å². The van der Waals surface area contributed by atoms with Gasteiger partial charge in [-0.1, -0.05) is 36.4 Å². The van der Waals surface area contributed by atoms with Crippen LogP contribution in [0.15, 0.2) is 48.7 Å². The quantitative estimate of drug-likeness (QED) is 0.859. The lowest BCUT2D eigenvalue weighted by Crippen LogP contribution is -2.19. The van der Waals surface area contributed by atoms with Gasteiger partial charge in [0.05, 0.1) is 12.4 Å². The van der Waals surface area contributed by atoms with Crippen molar-refractivity contribution in [1.82, 2.24) is 0 Å². The maximum atomic E-state index is 9.38. The van der Waals surface area contributed by atoms with Gasteiger partial charge in [-0.3, -0.25) is 4.79 Å². The number of rotatable bonds is 2. The van der Waals surface area contributed by atoms with Crippen LogP contribution in [0.4, 0.5) is 0 Å². The fourth-order valence-electron chi connectivity index (χ4n) is 1.52. The summed E-state index contributed by atoms with van der Waals surface area (Å²) >= 11 is 0. The average molecular weight is 262 g/mol. The Bertz CT molecular complexity index is 433. The summed E-state index contributed by atoms with van der Waals surface area (Å²) in [7, 11) is 0. The highest BCUT2D eigenvalue weighted by molar-refractivity contribution is 5.62. The molecule has 2 atom stereocenters. The Kier molecular flexibility index (Phi) is 6.39. The number of benzene rings is 1. The Morgan fingerprint density at radius 1 is 1.37 bits per heavy atom. The van der Waals surface area contributed by atoms with Crippen molar-refractivity contribution in [3.63, 3.8) is 0 Å². The largest absolute Gasteiger partial charge is 0.494 e. The van der Waals surface area contributed by atoms with Crippen LogP contribution >= 0.6 is 0 Å². The SMILES string of the molecule is CC(=O)O.O[C@H]1C=CO[C@@H](C=Cc2ccccc2)C1. The summed E-state index contributed by atoms with van der Waals surface area (Å²) in [6, 6.07) is 10.0. The van der Waals surface area contributed by atoms with Gasteiger partial charge in [0.15, 0.2) is 0 Å². The van der Waals surface area contributed by atoms with E-state index < -0.39 is 5.97 Å². The molecule has 0 unspecified atom stereocenters. The van der Waals surface area contributed by atoms with Gasteiger partial charge in [0.2, 0.25) is 0 Å². The number of hydrogen-bond acceptors (Lipinski definition) is 3. The Morgan fingerprint density at radius 3 is 2.58 bits per heavy atom. The van der Waals surface area contributed by atoms with Crippen LogP contribution in [0.5, 0.6) is 0 Å². The molecule has 1 aliphatic heterocycles. The molecule has 4 nitrogen and oxygen atoms in total. The predicted octanol–water partition coefficient (Wildman–Crippen LogP) is 2.45. The van der Waals surface area contributed by atoms with Gasteiger partial charge in [-0.25, -0.2) is 0 Å². The molecule has 0 spiro atoms. The fourth-order valence-corrected chi connectivity index (χ4v) is 1.52. The van der Waals surface area contributed by atoms with Crippen LogP contribution in [0.3, 0.4) is 0 Å². The molecule has 0 saturated heterocycles. The summed E-state index contributed by atoms with van der Waals surface area (Å²) in [5.41, 5.74) is 1.14. The molecular formula is C15H18O4. The summed E-state index contributed by atoms with van der Waals surface area (Å²) in [4.78, 5) is 9.00. The molecule has 2 N–H and O–H groups in total. The minimum atomic E-state index is -0.833. The van der Waals surface area contributed by atoms with E-state index in [9.17, 15) is 5.11 Å². The summed E-state index contributed by atoms with van der Waals surface area (Å²) in [5.74, 6) is -0.833. The van der Waals surface area contributed by atoms with Crippen molar-refractivity contribution in [3.8, 4) is 0 Å². The van der Waals surface area contributed by atoms with Gasteiger partial charge in [0.1, 0.15) is 6.10 Å². The van der Waals surface area contributed by atoms with E-state index in [2.05, 4.69) is 0 Å². The number of ether oxygens (including phenoxy) is 1. The Hall–Kier alpha value is -2.07. The van der Waals surface area contributed by atoms with Crippen LogP contribution in [0.2, 0.25) is 0 Å². The Balaban J connectivity index is 0.000000399. The lowest BCUT2D eigenvalue weighted by atomic mass is 10.1. The number of carboxylic acids is 1. The molecule has 102 valence electrons. The molecule has 0 fully saturated rings. The zero-order chi connectivity index (χ0) is 14.1. The summed E-state index contributed by atoms with van der Waals surface area (Å²) in [6.07, 6.45) is 7.42. The summed E-state index contributed by atoms with van der Waals surface area (Å²) < 4.78 is 5.34. The number of aliphatic carboxylic acids is 1. The van der Waals surface area contributed by atoms with Crippen molar-refractivity contribution >= 4 is 12.0 Å². The van der Waals surface area contributed by atoms with E-state index in [4.69, 9.17) is 14.6 Å². The minimum absolute atomic E-state index is 0.0230. The first-order chi connectivity index (χ1) is 9.08. The van der Waals surface area contributed by atoms with E-state index in [0.29, 0.717) is 6.42 Å². The molecule has 0 bridgehead atoms. The predicted molar refractivity (Wildman–Crippen MR) is 73.4 cm³/mol. The topological polar surface area (TPSA) is 66.8 Å². The molecule has 2 rings (SSSR count). The second-order valence-electron chi connectivity index (χ2n) is 4.09. The molecule has 0 aromatic heterocycles. The molecule has 0 aliphatic carbocycles. The lowest BCUT2D eigenvalue weighted by Gasteiger charge is -2.19. The van der Waals surface area contributed by atoms with E-state index in [0.717, 1.165) is 12.5 Å². The lowest BCUT2D eigenvalue weighted by molar-refractivity contribution is -0.134. The molecule has 0 amide bonds. The third-order valence-corrected chi connectivity index (χ3v) is 2.33. The van der Waals surface area contributed by atoms with E-state index in [1.807, 2.05) is 42.5 Å². The zero-order valence-electron chi connectivity index (χ0n) is 10.8. The maximum absolute atomic E-state index is 9.38. The van der Waals surface area contributed by atoms with Crippen LogP contribution in [-0.4, -0.2) is 28.4 Å². The van der Waals surface area contributed by atoms with E-state index >= 15 is 0 Å². The highest BCUT2D eigenvalue weighted by Gasteiger charge is 2.13. The summed E-state index contributed by atoms with van der Waals surface area (Å²) in [6.45, 7) is 1.08. The molecule has 1 aromatic rings. The van der Waals surface area contributed by atoms with Crippen molar-refractivity contribution in [2.24, 2.45) is 0 Å². The molecule has 1 aromatic carbocycles. The van der Waals surface area contributed by atoms with Crippen LogP contribution in [0.1, 0.15) is 18.9 Å². The van der Waals surface area contributed by atoms with Gasteiger partial charge in [-0.05, 0) is 17.7 Å². The van der Waals surface area contributed by atoms with Gasteiger partial charge in [0.25, 0.3) is 5.97 Å². The van der Waals surface area contributed by atoms with E-state index in [1.165, 1.54) is 0 Å². The van der Waals surface area contributed by atoms with E-state index in [1.54, 1.807) is 12.3 Å². The first-order valence-electron chi connectivity index (χ1n) is 6.01. The molecule has 0 radical (unpaired) electrons. The smallest absolute Gasteiger partial charge is 0.300 e. The first kappa shape index (κ1) is 15.0. The second kappa shape index (κ2) is 8.11. The Labute approximate surface area is 112 Å². The van der Waals surface area contributed by atoms with E-state index in [-0.39, 0.29) is 12.2 Å². The molecule has 19 heavy (non-hydrogen) atoms. The highest BCUT2D eigenvalue weighted by atomic mass is 16.5. The van der Waals surface area contributed by atoms with Gasteiger partial charge in [-0.2, -0.15) is 0 Å². The molecule has 1 heterocycles. The summed E-state index contributed by atoms with van der Waals surface area (Å²) in [5, 5.41) is 16.8. The monoisotopic (exact) mass is 262 g/mol. The third kappa shape index (κ3) is 7.06. The van der Waals surface area contributed by atoms with Crippen LogP contribution < -0.4 is 0 Å². The molecular weight excluding hydrogens is 244 g/mol. The fraction of sp³-hybridized carbons (Fsp3) is 0.267. The minimum Gasteiger partial charge on any atom is -0.494 e. The van der Waals surface area contributed by atoms with Crippen LogP contribution in [-0.2, 0) is 9.53 Å². The third-order valence-electron chi connectivity index (χ3n) is 2.33. The normalized spacial score (nSPS) is 21.4. The van der Waals surface area contributed by atoms with Gasteiger partial charge >= 0.3 is 0 Å². The van der Waals surface area contributed by atoms with Crippen LogP contribution in [0.25, 0.3) is 6.08 Å². The van der Waals surface area contributed by atoms with Crippen molar-refractivity contribution in [1.29, 1.82) is 0 Å². The van der Waals surface area contributed by atoms with Gasteiger partial charge in [0, 0.05) is 13.3 Å². The first-order valence-corrected chi connectivity index (χ1v) is 6.01. The number of aliphatic hydroxyl groups is 1. The molecule has 1 aliphatic rings. The van der Waals surface area contributed by atoms with Crippen molar-refractivity contribution < 1.29 is 19.7 Å².